The maximum Gasteiger partial charge on any atom is 0.145 e. The van der Waals surface area contributed by atoms with Crippen molar-refractivity contribution in [2.75, 3.05) is 32.0 Å². The Hall–Kier alpha value is -1.76. The monoisotopic (exact) mass is 273 g/mol. The van der Waals surface area contributed by atoms with Crippen molar-refractivity contribution in [2.24, 2.45) is 5.73 Å². The number of fused-ring (bicyclic) bond motifs is 1. The fourth-order valence-electron chi connectivity index (χ4n) is 2.49. The van der Waals surface area contributed by atoms with Crippen LogP contribution in [0.1, 0.15) is 5.82 Å². The van der Waals surface area contributed by atoms with E-state index in [1.807, 2.05) is 24.3 Å². The number of benzene rings is 1. The highest BCUT2D eigenvalue weighted by atomic mass is 16.5. The number of aromatic nitrogens is 2. The molecule has 3 rings (SSSR count). The third-order valence-corrected chi connectivity index (χ3v) is 3.53. The summed E-state index contributed by atoms with van der Waals surface area (Å²) in [5, 5.41) is 0.901. The molecule has 6 nitrogen and oxygen atoms in total. The smallest absolute Gasteiger partial charge is 0.145 e. The Morgan fingerprint density at radius 2 is 2.15 bits per heavy atom. The third kappa shape index (κ3) is 2.72. The van der Waals surface area contributed by atoms with Gasteiger partial charge < -0.3 is 16.2 Å². The number of anilines is 1. The van der Waals surface area contributed by atoms with Crippen molar-refractivity contribution in [1.82, 2.24) is 14.9 Å². The Bertz CT molecular complexity index is 603. The zero-order valence-electron chi connectivity index (χ0n) is 11.3. The van der Waals surface area contributed by atoms with Crippen molar-refractivity contribution in [3.05, 3.63) is 30.1 Å². The van der Waals surface area contributed by atoms with E-state index in [4.69, 9.17) is 16.2 Å². The molecule has 0 bridgehead atoms. The molecule has 1 unspecified atom stereocenters. The summed E-state index contributed by atoms with van der Waals surface area (Å²) in [5.41, 5.74) is 12.5. The highest BCUT2D eigenvalue weighted by Gasteiger charge is 2.20. The molecule has 0 saturated carbocycles. The van der Waals surface area contributed by atoms with E-state index in [0.29, 0.717) is 25.5 Å². The molecule has 106 valence electrons. The maximum absolute atomic E-state index is 6.00. The summed E-state index contributed by atoms with van der Waals surface area (Å²) < 4.78 is 5.56. The molecular weight excluding hydrogens is 254 g/mol. The van der Waals surface area contributed by atoms with Crippen LogP contribution in [0.4, 0.5) is 5.82 Å². The molecule has 1 saturated heterocycles. The molecule has 1 aromatic carbocycles. The predicted octanol–water partition coefficient (Wildman–Crippen LogP) is 0.372. The Balaban J connectivity index is 1.80. The number of nitrogen functional groups attached to an aromatic ring is 1. The summed E-state index contributed by atoms with van der Waals surface area (Å²) in [6.45, 7) is 3.59. The number of para-hydroxylation sites is 1. The van der Waals surface area contributed by atoms with E-state index in [1.165, 1.54) is 0 Å². The van der Waals surface area contributed by atoms with Gasteiger partial charge in [0.15, 0.2) is 0 Å². The van der Waals surface area contributed by atoms with Crippen LogP contribution in [0.3, 0.4) is 0 Å². The quantitative estimate of drug-likeness (QED) is 0.840. The summed E-state index contributed by atoms with van der Waals surface area (Å²) in [5.74, 6) is 1.29. The van der Waals surface area contributed by atoms with E-state index in [2.05, 4.69) is 14.9 Å². The van der Waals surface area contributed by atoms with Gasteiger partial charge in [-0.1, -0.05) is 12.1 Å². The number of rotatable bonds is 3. The SMILES string of the molecule is NCC1CN(Cc2nc(N)c3ccccc3n2)CCO1. The lowest BCUT2D eigenvalue weighted by molar-refractivity contribution is -0.0267. The normalized spacial score (nSPS) is 20.4. The molecule has 1 aromatic heterocycles. The average molecular weight is 273 g/mol. The van der Waals surface area contributed by atoms with Gasteiger partial charge in [0, 0.05) is 25.0 Å². The van der Waals surface area contributed by atoms with Crippen LogP contribution in [0.5, 0.6) is 0 Å². The first-order valence-corrected chi connectivity index (χ1v) is 6.81. The first-order chi connectivity index (χ1) is 9.76. The van der Waals surface area contributed by atoms with Crippen molar-refractivity contribution < 1.29 is 4.74 Å². The summed E-state index contributed by atoms with van der Waals surface area (Å²) in [4.78, 5) is 11.2. The standard InChI is InChI=1S/C14H19N5O/c15-7-10-8-19(5-6-20-10)9-13-17-12-4-2-1-3-11(12)14(16)18-13/h1-4,10H,5-9,15H2,(H2,16,17,18). The molecule has 6 heteroatoms. The lowest BCUT2D eigenvalue weighted by Crippen LogP contribution is -2.45. The highest BCUT2D eigenvalue weighted by molar-refractivity contribution is 5.87. The van der Waals surface area contributed by atoms with Crippen LogP contribution in [0.15, 0.2) is 24.3 Å². The lowest BCUT2D eigenvalue weighted by atomic mass is 10.2. The van der Waals surface area contributed by atoms with Gasteiger partial charge in [-0.15, -0.1) is 0 Å². The molecular formula is C14H19N5O. The Morgan fingerprint density at radius 3 is 3.00 bits per heavy atom. The summed E-state index contributed by atoms with van der Waals surface area (Å²) in [6.07, 6.45) is 0.0987. The minimum absolute atomic E-state index is 0.0987. The maximum atomic E-state index is 6.00. The van der Waals surface area contributed by atoms with E-state index in [0.717, 1.165) is 29.8 Å². The van der Waals surface area contributed by atoms with Gasteiger partial charge in [-0.2, -0.15) is 0 Å². The molecule has 1 aliphatic rings. The van der Waals surface area contributed by atoms with E-state index in [9.17, 15) is 0 Å². The number of hydrogen-bond donors (Lipinski definition) is 2. The number of nitrogens with two attached hydrogens (primary N) is 2. The second kappa shape index (κ2) is 5.70. The van der Waals surface area contributed by atoms with Gasteiger partial charge in [0.05, 0.1) is 24.8 Å². The number of morpholine rings is 1. The topological polar surface area (TPSA) is 90.3 Å². The predicted molar refractivity (Wildman–Crippen MR) is 78.0 cm³/mol. The Labute approximate surface area is 117 Å². The molecule has 2 heterocycles. The van der Waals surface area contributed by atoms with Gasteiger partial charge in [-0.3, -0.25) is 4.90 Å². The Morgan fingerprint density at radius 1 is 1.30 bits per heavy atom. The van der Waals surface area contributed by atoms with Crippen molar-refractivity contribution >= 4 is 16.7 Å². The fourth-order valence-corrected chi connectivity index (χ4v) is 2.49. The first kappa shape index (κ1) is 13.2. The van der Waals surface area contributed by atoms with Crippen molar-refractivity contribution in [1.29, 1.82) is 0 Å². The average Bonchev–Trinajstić information content (AvgIpc) is 2.47. The largest absolute Gasteiger partial charge is 0.383 e. The van der Waals surface area contributed by atoms with Crippen molar-refractivity contribution in [3.8, 4) is 0 Å². The van der Waals surface area contributed by atoms with Crippen LogP contribution in [0.2, 0.25) is 0 Å². The van der Waals surface area contributed by atoms with E-state index >= 15 is 0 Å². The summed E-state index contributed by atoms with van der Waals surface area (Å²) >= 11 is 0. The molecule has 1 atom stereocenters. The molecule has 1 fully saturated rings. The van der Waals surface area contributed by atoms with E-state index in [1.54, 1.807) is 0 Å². The number of hydrogen-bond acceptors (Lipinski definition) is 6. The molecule has 0 radical (unpaired) electrons. The van der Waals surface area contributed by atoms with Gasteiger partial charge in [-0.05, 0) is 12.1 Å². The van der Waals surface area contributed by atoms with Gasteiger partial charge >= 0.3 is 0 Å². The number of nitrogens with zero attached hydrogens (tertiary/aromatic N) is 3. The minimum atomic E-state index is 0.0987. The van der Waals surface area contributed by atoms with Crippen LogP contribution in [-0.2, 0) is 11.3 Å². The first-order valence-electron chi connectivity index (χ1n) is 6.81. The molecule has 1 aliphatic heterocycles. The molecule has 2 aromatic rings. The fraction of sp³-hybridized carbons (Fsp3) is 0.429. The summed E-state index contributed by atoms with van der Waals surface area (Å²) in [7, 11) is 0. The Kier molecular flexibility index (Phi) is 3.77. The van der Waals surface area contributed by atoms with Crippen LogP contribution < -0.4 is 11.5 Å². The van der Waals surface area contributed by atoms with Crippen molar-refractivity contribution in [2.45, 2.75) is 12.6 Å². The van der Waals surface area contributed by atoms with Crippen molar-refractivity contribution in [3.63, 3.8) is 0 Å². The van der Waals surface area contributed by atoms with Gasteiger partial charge in [0.2, 0.25) is 0 Å². The van der Waals surface area contributed by atoms with Crippen LogP contribution in [-0.4, -0.2) is 47.2 Å². The van der Waals surface area contributed by atoms with E-state index in [-0.39, 0.29) is 6.10 Å². The van der Waals surface area contributed by atoms with Gasteiger partial charge in [0.1, 0.15) is 11.6 Å². The van der Waals surface area contributed by atoms with Gasteiger partial charge in [0.25, 0.3) is 0 Å². The zero-order valence-corrected chi connectivity index (χ0v) is 11.3. The molecule has 0 aliphatic carbocycles. The third-order valence-electron chi connectivity index (χ3n) is 3.53. The van der Waals surface area contributed by atoms with Gasteiger partial charge in [-0.25, -0.2) is 9.97 Å². The molecule has 4 N–H and O–H groups in total. The van der Waals surface area contributed by atoms with Crippen LogP contribution in [0.25, 0.3) is 10.9 Å². The molecule has 20 heavy (non-hydrogen) atoms. The second-order valence-corrected chi connectivity index (χ2v) is 5.01. The highest BCUT2D eigenvalue weighted by Crippen LogP contribution is 2.18. The molecule has 0 spiro atoms. The van der Waals surface area contributed by atoms with E-state index < -0.39 is 0 Å². The molecule has 0 amide bonds. The second-order valence-electron chi connectivity index (χ2n) is 5.01. The number of ether oxygens (including phenoxy) is 1. The minimum Gasteiger partial charge on any atom is -0.383 e. The van der Waals surface area contributed by atoms with Crippen LogP contribution >= 0.6 is 0 Å². The summed E-state index contributed by atoms with van der Waals surface area (Å²) in [6, 6.07) is 7.79. The van der Waals surface area contributed by atoms with Crippen LogP contribution in [0, 0.1) is 0 Å². The zero-order chi connectivity index (χ0) is 13.9. The lowest BCUT2D eigenvalue weighted by Gasteiger charge is -2.31.